The van der Waals surface area contributed by atoms with Gasteiger partial charge in [-0.1, -0.05) is 11.8 Å². The average molecular weight is 199 g/mol. The van der Waals surface area contributed by atoms with E-state index in [0.29, 0.717) is 5.17 Å². The predicted molar refractivity (Wildman–Crippen MR) is 55.0 cm³/mol. The second-order valence-corrected chi connectivity index (χ2v) is 3.65. The third-order valence-electron chi connectivity index (χ3n) is 1.59. The van der Waals surface area contributed by atoms with Gasteiger partial charge < -0.3 is 11.6 Å². The van der Waals surface area contributed by atoms with Crippen molar-refractivity contribution in [3.05, 3.63) is 17.5 Å². The number of hydrogen-bond acceptors (Lipinski definition) is 4. The van der Waals surface area contributed by atoms with E-state index in [1.807, 2.05) is 24.7 Å². The summed E-state index contributed by atoms with van der Waals surface area (Å²) in [5.74, 6) is 5.74. The smallest absolute Gasteiger partial charge is 0.177 e. The van der Waals surface area contributed by atoms with Crippen LogP contribution in [0.25, 0.3) is 0 Å². The van der Waals surface area contributed by atoms with Crippen LogP contribution in [0.3, 0.4) is 0 Å². The summed E-state index contributed by atoms with van der Waals surface area (Å²) in [5, 5.41) is 7.96. The van der Waals surface area contributed by atoms with Crippen molar-refractivity contribution in [2.75, 3.05) is 0 Å². The molecule has 0 aliphatic rings. The van der Waals surface area contributed by atoms with Crippen molar-refractivity contribution in [2.45, 2.75) is 12.7 Å². The summed E-state index contributed by atoms with van der Waals surface area (Å²) in [7, 11) is 1.90. The average Bonchev–Trinajstić information content (AvgIpc) is 2.41. The summed E-state index contributed by atoms with van der Waals surface area (Å²) < 4.78 is 1.83. The number of aryl methyl sites for hydroxylation is 2. The maximum atomic E-state index is 5.44. The van der Waals surface area contributed by atoms with Crippen molar-refractivity contribution in [3.8, 4) is 0 Å². The number of nitrogens with two attached hydrogens (primary N) is 2. The molecule has 0 aromatic carbocycles. The van der Waals surface area contributed by atoms with Crippen LogP contribution in [0.15, 0.2) is 11.2 Å². The lowest BCUT2D eigenvalue weighted by Crippen LogP contribution is -2.10. The molecule has 0 aliphatic heterocycles. The van der Waals surface area contributed by atoms with Gasteiger partial charge in [0.1, 0.15) is 0 Å². The van der Waals surface area contributed by atoms with Crippen LogP contribution in [0.1, 0.15) is 11.4 Å². The molecule has 0 bridgehead atoms. The van der Waals surface area contributed by atoms with Gasteiger partial charge in [0.25, 0.3) is 0 Å². The minimum Gasteiger partial charge on any atom is -0.377 e. The predicted octanol–water partition coefficient (Wildman–Crippen LogP) is 0.150. The van der Waals surface area contributed by atoms with Crippen molar-refractivity contribution in [3.63, 3.8) is 0 Å². The maximum absolute atomic E-state index is 5.44. The highest BCUT2D eigenvalue weighted by atomic mass is 32.2. The van der Waals surface area contributed by atoms with E-state index in [9.17, 15) is 0 Å². The summed E-state index contributed by atoms with van der Waals surface area (Å²) in [6.07, 6.45) is 0. The molecule has 4 N–H and O–H groups in total. The van der Waals surface area contributed by atoms with Gasteiger partial charge >= 0.3 is 0 Å². The lowest BCUT2D eigenvalue weighted by molar-refractivity contribution is 0.728. The van der Waals surface area contributed by atoms with E-state index >= 15 is 0 Å². The van der Waals surface area contributed by atoms with E-state index in [2.05, 4.69) is 10.2 Å². The van der Waals surface area contributed by atoms with Gasteiger partial charge in [-0.25, -0.2) is 0 Å². The molecule has 1 rings (SSSR count). The number of amidine groups is 1. The van der Waals surface area contributed by atoms with E-state index in [4.69, 9.17) is 11.6 Å². The van der Waals surface area contributed by atoms with Crippen LogP contribution in [0.4, 0.5) is 0 Å². The first kappa shape index (κ1) is 9.91. The van der Waals surface area contributed by atoms with E-state index in [0.717, 1.165) is 17.1 Å². The largest absolute Gasteiger partial charge is 0.377 e. The Labute approximate surface area is 81.2 Å². The molecule has 0 unspecified atom stereocenters. The Morgan fingerprint density at radius 1 is 1.77 bits per heavy atom. The fraction of sp³-hybridized carbons (Fsp3) is 0.429. The number of nitrogens with zero attached hydrogens (tertiary/aromatic N) is 3. The Kier molecular flexibility index (Phi) is 3.18. The highest BCUT2D eigenvalue weighted by Gasteiger charge is 2.02. The molecule has 0 fully saturated rings. The normalized spacial score (nSPS) is 12.0. The van der Waals surface area contributed by atoms with Crippen molar-refractivity contribution in [1.82, 2.24) is 9.78 Å². The summed E-state index contributed by atoms with van der Waals surface area (Å²) in [6.45, 7) is 1.95. The summed E-state index contributed by atoms with van der Waals surface area (Å²) >= 11 is 1.40. The monoisotopic (exact) mass is 199 g/mol. The highest BCUT2D eigenvalue weighted by Crippen LogP contribution is 2.11. The van der Waals surface area contributed by atoms with Gasteiger partial charge in [-0.3, -0.25) is 4.68 Å². The Bertz CT molecular complexity index is 317. The molecule has 1 aromatic rings. The molecule has 6 heteroatoms. The number of rotatable bonds is 2. The summed E-state index contributed by atoms with van der Waals surface area (Å²) in [6, 6.07) is 2.01. The highest BCUT2D eigenvalue weighted by molar-refractivity contribution is 8.13. The number of thioether (sulfide) groups is 1. The standard InChI is InChI=1S/C7H13N5S/c1-5-3-6(12(2)11-5)4-13-7(8)10-9/h3H,4,9H2,1-2H3,(H2,8,10). The minimum atomic E-state index is 0.388. The second-order valence-electron chi connectivity index (χ2n) is 2.66. The molecular formula is C7H13N5S. The quantitative estimate of drug-likeness (QED) is 0.307. The number of aromatic nitrogens is 2. The van der Waals surface area contributed by atoms with Crippen LogP contribution in [-0.4, -0.2) is 14.9 Å². The van der Waals surface area contributed by atoms with Gasteiger partial charge in [0, 0.05) is 18.5 Å². The zero-order valence-electron chi connectivity index (χ0n) is 7.69. The lowest BCUT2D eigenvalue weighted by Gasteiger charge is -1.99. The molecule has 0 atom stereocenters. The van der Waals surface area contributed by atoms with E-state index in [1.165, 1.54) is 11.8 Å². The van der Waals surface area contributed by atoms with Crippen LogP contribution in [0.5, 0.6) is 0 Å². The first-order valence-corrected chi connectivity index (χ1v) is 4.77. The topological polar surface area (TPSA) is 82.2 Å². The molecule has 13 heavy (non-hydrogen) atoms. The molecule has 1 heterocycles. The lowest BCUT2D eigenvalue weighted by atomic mass is 10.4. The molecular weight excluding hydrogens is 186 g/mol. The maximum Gasteiger partial charge on any atom is 0.177 e. The van der Waals surface area contributed by atoms with Gasteiger partial charge in [0.2, 0.25) is 0 Å². The van der Waals surface area contributed by atoms with Crippen LogP contribution >= 0.6 is 11.8 Å². The van der Waals surface area contributed by atoms with Crippen LogP contribution < -0.4 is 11.6 Å². The fourth-order valence-electron chi connectivity index (χ4n) is 0.984. The SMILES string of the molecule is Cc1cc(CSC(N)=NN)n(C)n1. The van der Waals surface area contributed by atoms with Crippen LogP contribution in [0.2, 0.25) is 0 Å². The van der Waals surface area contributed by atoms with Crippen molar-refractivity contribution in [2.24, 2.45) is 23.7 Å². The Morgan fingerprint density at radius 2 is 2.46 bits per heavy atom. The summed E-state index contributed by atoms with van der Waals surface area (Å²) in [5.41, 5.74) is 7.54. The molecule has 72 valence electrons. The number of hydrazone groups is 1. The first-order valence-electron chi connectivity index (χ1n) is 3.79. The van der Waals surface area contributed by atoms with Gasteiger partial charge in [-0.2, -0.15) is 10.2 Å². The minimum absolute atomic E-state index is 0.388. The second kappa shape index (κ2) is 4.18. The van der Waals surface area contributed by atoms with Crippen LogP contribution in [-0.2, 0) is 12.8 Å². The molecule has 0 spiro atoms. The Balaban J connectivity index is 2.59. The molecule has 0 saturated heterocycles. The molecule has 0 radical (unpaired) electrons. The van der Waals surface area contributed by atoms with Gasteiger partial charge in [-0.05, 0) is 13.0 Å². The Morgan fingerprint density at radius 3 is 2.92 bits per heavy atom. The molecule has 0 aliphatic carbocycles. The van der Waals surface area contributed by atoms with Gasteiger partial charge in [0.05, 0.1) is 5.69 Å². The van der Waals surface area contributed by atoms with Gasteiger partial charge in [0.15, 0.2) is 5.17 Å². The van der Waals surface area contributed by atoms with Crippen molar-refractivity contribution in [1.29, 1.82) is 0 Å². The van der Waals surface area contributed by atoms with Crippen LogP contribution in [0, 0.1) is 6.92 Å². The summed E-state index contributed by atoms with van der Waals surface area (Å²) in [4.78, 5) is 0. The Hall–Kier alpha value is -1.17. The molecule has 0 amide bonds. The zero-order valence-corrected chi connectivity index (χ0v) is 8.51. The van der Waals surface area contributed by atoms with Crippen molar-refractivity contribution < 1.29 is 0 Å². The van der Waals surface area contributed by atoms with E-state index in [1.54, 1.807) is 0 Å². The molecule has 0 saturated carbocycles. The third-order valence-corrected chi connectivity index (χ3v) is 2.44. The van der Waals surface area contributed by atoms with Crippen molar-refractivity contribution >= 4 is 16.9 Å². The molecule has 1 aromatic heterocycles. The number of hydrogen-bond donors (Lipinski definition) is 2. The third kappa shape index (κ3) is 2.66. The first-order chi connectivity index (χ1) is 6.13. The van der Waals surface area contributed by atoms with E-state index < -0.39 is 0 Å². The van der Waals surface area contributed by atoms with E-state index in [-0.39, 0.29) is 0 Å². The zero-order chi connectivity index (χ0) is 9.84. The fourth-order valence-corrected chi connectivity index (χ4v) is 1.62. The van der Waals surface area contributed by atoms with Gasteiger partial charge in [-0.15, -0.1) is 0 Å². The molecule has 5 nitrogen and oxygen atoms in total.